The van der Waals surface area contributed by atoms with Crippen LogP contribution in [0.1, 0.15) is 19.8 Å². The molecule has 1 aliphatic rings. The Morgan fingerprint density at radius 2 is 1.50 bits per heavy atom. The lowest BCUT2D eigenvalue weighted by molar-refractivity contribution is -0.425. The molecule has 6 heteroatoms. The van der Waals surface area contributed by atoms with Crippen LogP contribution in [0.15, 0.2) is 0 Å². The maximum atomic E-state index is 12.7. The van der Waals surface area contributed by atoms with Crippen LogP contribution < -0.4 is 0 Å². The van der Waals surface area contributed by atoms with Crippen LogP contribution in [-0.2, 0) is 4.74 Å². The monoisotopic (exact) mass is 190 g/mol. The Balaban J connectivity index is 2.82. The smallest absolute Gasteiger partial charge is 0.278 e. The summed E-state index contributed by atoms with van der Waals surface area (Å²) in [6.45, 7) is 0.705. The van der Waals surface area contributed by atoms with E-state index < -0.39 is 30.7 Å². The highest BCUT2D eigenvalue weighted by molar-refractivity contribution is 4.86. The molecule has 1 saturated heterocycles. The first kappa shape index (κ1) is 9.70. The van der Waals surface area contributed by atoms with Gasteiger partial charge in [0.1, 0.15) is 0 Å². The first-order valence-corrected chi connectivity index (χ1v) is 3.31. The molecule has 1 heterocycles. The summed E-state index contributed by atoms with van der Waals surface area (Å²) in [5.74, 6) is -6.93. The SMILES string of the molecule is CC1(F)CCC(F)(F)C(F)(F)O1. The van der Waals surface area contributed by atoms with Gasteiger partial charge in [-0.05, 0) is 6.92 Å². The molecule has 0 aromatic rings. The lowest BCUT2D eigenvalue weighted by Crippen LogP contribution is -2.52. The maximum absolute atomic E-state index is 12.7. The minimum Gasteiger partial charge on any atom is -0.278 e. The normalized spacial score (nSPS) is 39.5. The lowest BCUT2D eigenvalue weighted by Gasteiger charge is -2.37. The molecule has 0 spiro atoms. The van der Waals surface area contributed by atoms with Gasteiger partial charge in [-0.2, -0.15) is 17.6 Å². The van der Waals surface area contributed by atoms with Gasteiger partial charge in [0.25, 0.3) is 0 Å². The quantitative estimate of drug-likeness (QED) is 0.533. The average molecular weight is 190 g/mol. The molecule has 0 aromatic carbocycles. The van der Waals surface area contributed by atoms with Crippen LogP contribution in [0, 0.1) is 0 Å². The second kappa shape index (κ2) is 2.31. The van der Waals surface area contributed by atoms with Crippen LogP contribution in [0.2, 0.25) is 0 Å². The summed E-state index contributed by atoms with van der Waals surface area (Å²) >= 11 is 0. The van der Waals surface area contributed by atoms with Gasteiger partial charge in [-0.1, -0.05) is 0 Å². The Morgan fingerprint density at radius 3 is 1.83 bits per heavy atom. The van der Waals surface area contributed by atoms with E-state index >= 15 is 0 Å². The number of hydrogen-bond donors (Lipinski definition) is 0. The highest BCUT2D eigenvalue weighted by Gasteiger charge is 2.64. The largest absolute Gasteiger partial charge is 0.421 e. The topological polar surface area (TPSA) is 9.23 Å². The minimum atomic E-state index is -4.70. The van der Waals surface area contributed by atoms with Crippen LogP contribution in [0.3, 0.4) is 0 Å². The predicted molar refractivity (Wildman–Crippen MR) is 29.7 cm³/mol. The number of alkyl halides is 5. The molecule has 1 fully saturated rings. The lowest BCUT2D eigenvalue weighted by atomic mass is 10.0. The molecule has 0 radical (unpaired) electrons. The molecule has 0 bridgehead atoms. The zero-order chi connectivity index (χ0) is 9.62. The van der Waals surface area contributed by atoms with E-state index in [0.717, 1.165) is 0 Å². The van der Waals surface area contributed by atoms with Gasteiger partial charge in [-0.25, -0.2) is 4.39 Å². The van der Waals surface area contributed by atoms with Gasteiger partial charge in [-0.15, -0.1) is 0 Å². The van der Waals surface area contributed by atoms with Gasteiger partial charge in [0.15, 0.2) is 0 Å². The zero-order valence-electron chi connectivity index (χ0n) is 6.21. The summed E-state index contributed by atoms with van der Waals surface area (Å²) < 4.78 is 65.1. The van der Waals surface area contributed by atoms with Crippen molar-refractivity contribution >= 4 is 0 Å². The molecule has 0 aliphatic carbocycles. The van der Waals surface area contributed by atoms with E-state index in [0.29, 0.717) is 6.92 Å². The fraction of sp³-hybridized carbons (Fsp3) is 1.00. The molecule has 1 aliphatic heterocycles. The summed E-state index contributed by atoms with van der Waals surface area (Å²) in [5.41, 5.74) is 0. The van der Waals surface area contributed by atoms with Crippen molar-refractivity contribution in [1.29, 1.82) is 0 Å². The second-order valence-electron chi connectivity index (χ2n) is 2.93. The van der Waals surface area contributed by atoms with Gasteiger partial charge in [0.2, 0.25) is 5.85 Å². The third-order valence-corrected chi connectivity index (χ3v) is 1.65. The summed E-state index contributed by atoms with van der Waals surface area (Å²) in [7, 11) is 0. The molecule has 0 N–H and O–H groups in total. The third-order valence-electron chi connectivity index (χ3n) is 1.65. The van der Waals surface area contributed by atoms with Crippen molar-refractivity contribution in [3.05, 3.63) is 0 Å². The fourth-order valence-corrected chi connectivity index (χ4v) is 0.919. The Bertz CT molecular complexity index is 188. The van der Waals surface area contributed by atoms with Gasteiger partial charge in [-0.3, -0.25) is 4.74 Å². The first-order chi connectivity index (χ1) is 5.16. The summed E-state index contributed by atoms with van der Waals surface area (Å²) in [4.78, 5) is 0. The average Bonchev–Trinajstić information content (AvgIpc) is 1.79. The molecular formula is C6H7F5O. The van der Waals surface area contributed by atoms with Crippen LogP contribution in [0.4, 0.5) is 22.0 Å². The minimum absolute atomic E-state index is 0.705. The fourth-order valence-electron chi connectivity index (χ4n) is 0.919. The number of hydrogen-bond acceptors (Lipinski definition) is 1. The summed E-state index contributed by atoms with van der Waals surface area (Å²) in [6.07, 6.45) is -6.63. The molecular weight excluding hydrogens is 183 g/mol. The molecule has 1 atom stereocenters. The second-order valence-corrected chi connectivity index (χ2v) is 2.93. The van der Waals surface area contributed by atoms with Crippen molar-refractivity contribution in [2.75, 3.05) is 0 Å². The van der Waals surface area contributed by atoms with Crippen molar-refractivity contribution in [2.24, 2.45) is 0 Å². The van der Waals surface area contributed by atoms with E-state index in [1.54, 1.807) is 0 Å². The van der Waals surface area contributed by atoms with E-state index in [1.807, 2.05) is 0 Å². The van der Waals surface area contributed by atoms with Crippen LogP contribution in [0.5, 0.6) is 0 Å². The highest BCUT2D eigenvalue weighted by atomic mass is 19.3. The van der Waals surface area contributed by atoms with Crippen molar-refractivity contribution in [3.8, 4) is 0 Å². The summed E-state index contributed by atoms with van der Waals surface area (Å²) in [5, 5.41) is 0. The van der Waals surface area contributed by atoms with E-state index in [1.165, 1.54) is 0 Å². The van der Waals surface area contributed by atoms with E-state index in [-0.39, 0.29) is 0 Å². The van der Waals surface area contributed by atoms with E-state index in [9.17, 15) is 22.0 Å². The molecule has 1 rings (SSSR count). The molecule has 72 valence electrons. The predicted octanol–water partition coefficient (Wildman–Crippen LogP) is 2.71. The number of ether oxygens (including phenoxy) is 1. The Labute approximate surface area is 65.5 Å². The van der Waals surface area contributed by atoms with Crippen molar-refractivity contribution in [1.82, 2.24) is 0 Å². The van der Waals surface area contributed by atoms with E-state index in [2.05, 4.69) is 4.74 Å². The number of rotatable bonds is 0. The maximum Gasteiger partial charge on any atom is 0.421 e. The van der Waals surface area contributed by atoms with Gasteiger partial charge >= 0.3 is 12.0 Å². The molecule has 1 nitrogen and oxygen atoms in total. The molecule has 0 amide bonds. The van der Waals surface area contributed by atoms with Crippen molar-refractivity contribution < 1.29 is 26.7 Å². The number of halogens is 5. The molecule has 0 saturated carbocycles. The standard InChI is InChI=1S/C6H7F5O/c1-4(7)2-3-5(8,9)6(10,11)12-4/h2-3H2,1H3. The molecule has 0 aromatic heterocycles. The summed E-state index contributed by atoms with van der Waals surface area (Å²) in [6, 6.07) is 0. The Kier molecular flexibility index (Phi) is 1.86. The Hall–Kier alpha value is -0.390. The first-order valence-electron chi connectivity index (χ1n) is 3.31. The van der Waals surface area contributed by atoms with Crippen LogP contribution in [-0.4, -0.2) is 17.9 Å². The highest BCUT2D eigenvalue weighted by Crippen LogP contribution is 2.47. The van der Waals surface area contributed by atoms with Crippen LogP contribution >= 0.6 is 0 Å². The van der Waals surface area contributed by atoms with E-state index in [4.69, 9.17) is 0 Å². The van der Waals surface area contributed by atoms with Gasteiger partial charge in [0.05, 0.1) is 0 Å². The zero-order valence-corrected chi connectivity index (χ0v) is 6.21. The third kappa shape index (κ3) is 1.53. The molecule has 1 unspecified atom stereocenters. The van der Waals surface area contributed by atoms with Crippen molar-refractivity contribution in [2.45, 2.75) is 37.7 Å². The van der Waals surface area contributed by atoms with Gasteiger partial charge in [0, 0.05) is 12.8 Å². The Morgan fingerprint density at radius 1 is 1.00 bits per heavy atom. The van der Waals surface area contributed by atoms with Crippen LogP contribution in [0.25, 0.3) is 0 Å². The van der Waals surface area contributed by atoms with Gasteiger partial charge < -0.3 is 0 Å². The van der Waals surface area contributed by atoms with Crippen molar-refractivity contribution in [3.63, 3.8) is 0 Å². The molecule has 12 heavy (non-hydrogen) atoms.